The average molecular weight is 421 g/mol. The number of rotatable bonds is 6. The molecule has 0 aliphatic rings. The Kier molecular flexibility index (Phi) is 5.88. The van der Waals surface area contributed by atoms with Gasteiger partial charge in [-0.15, -0.1) is 0 Å². The lowest BCUT2D eigenvalue weighted by atomic mass is 10.1. The van der Waals surface area contributed by atoms with Crippen molar-refractivity contribution in [1.82, 2.24) is 25.2 Å². The molecule has 0 aliphatic carbocycles. The van der Waals surface area contributed by atoms with Gasteiger partial charge in [0.05, 0.1) is 19.1 Å². The first kappa shape index (κ1) is 20.5. The highest BCUT2D eigenvalue weighted by Crippen LogP contribution is 2.17. The maximum atomic E-state index is 13.2. The number of carbonyl (C=O) groups is 1. The second-order valence-electron chi connectivity index (χ2n) is 7.19. The number of nitrogens with one attached hydrogen (secondary N) is 2. The highest BCUT2D eigenvalue weighted by Gasteiger charge is 2.14. The molecule has 2 amide bonds. The molecule has 0 fully saturated rings. The minimum absolute atomic E-state index is 0.180. The van der Waals surface area contributed by atoms with Crippen molar-refractivity contribution < 1.29 is 13.6 Å². The van der Waals surface area contributed by atoms with Crippen LogP contribution in [0.15, 0.2) is 66.9 Å². The van der Waals surface area contributed by atoms with E-state index in [1.165, 1.54) is 24.3 Å². The van der Waals surface area contributed by atoms with Crippen molar-refractivity contribution in [3.8, 4) is 0 Å². The molecule has 6 nitrogen and oxygen atoms in total. The Morgan fingerprint density at radius 2 is 1.71 bits per heavy atom. The van der Waals surface area contributed by atoms with Gasteiger partial charge < -0.3 is 15.2 Å². The second kappa shape index (κ2) is 8.91. The van der Waals surface area contributed by atoms with E-state index in [2.05, 4.69) is 20.6 Å². The summed E-state index contributed by atoms with van der Waals surface area (Å²) in [7, 11) is 0. The Balaban J connectivity index is 1.48. The zero-order valence-electron chi connectivity index (χ0n) is 16.8. The number of hydrogen-bond donors (Lipinski definition) is 2. The van der Waals surface area contributed by atoms with Gasteiger partial charge in [0.2, 0.25) is 0 Å². The zero-order valence-corrected chi connectivity index (χ0v) is 16.8. The summed E-state index contributed by atoms with van der Waals surface area (Å²) >= 11 is 0. The van der Waals surface area contributed by atoms with Crippen LogP contribution in [0.4, 0.5) is 13.6 Å². The van der Waals surface area contributed by atoms with Crippen LogP contribution in [0.1, 0.15) is 29.9 Å². The molecule has 4 rings (SSSR count). The number of aromatic nitrogens is 3. The topological polar surface area (TPSA) is 71.8 Å². The summed E-state index contributed by atoms with van der Waals surface area (Å²) in [6.45, 7) is 2.44. The second-order valence-corrected chi connectivity index (χ2v) is 7.19. The van der Waals surface area contributed by atoms with Crippen LogP contribution in [0.5, 0.6) is 0 Å². The van der Waals surface area contributed by atoms with Gasteiger partial charge in [-0.25, -0.2) is 23.5 Å². The Morgan fingerprint density at radius 1 is 1.03 bits per heavy atom. The molecule has 8 heteroatoms. The fraction of sp³-hybridized carbons (Fsp3) is 0.174. The number of fused-ring (bicyclic) bond motifs is 1. The predicted octanol–water partition coefficient (Wildman–Crippen LogP) is 4.32. The summed E-state index contributed by atoms with van der Waals surface area (Å²) in [6, 6.07) is 15.2. The number of benzene rings is 2. The van der Waals surface area contributed by atoms with E-state index in [0.29, 0.717) is 23.5 Å². The normalized spacial score (nSPS) is 12.0. The molecule has 4 aromatic rings. The molecule has 0 saturated carbocycles. The summed E-state index contributed by atoms with van der Waals surface area (Å²) in [5.41, 5.74) is 3.08. The molecular weight excluding hydrogens is 400 g/mol. The van der Waals surface area contributed by atoms with Crippen LogP contribution in [0.2, 0.25) is 0 Å². The van der Waals surface area contributed by atoms with Crippen LogP contribution in [0.25, 0.3) is 11.2 Å². The molecule has 1 unspecified atom stereocenters. The molecule has 2 aromatic heterocycles. The number of carbonyl (C=O) groups excluding carboxylic acids is 1. The third-order valence-corrected chi connectivity index (χ3v) is 4.96. The molecule has 2 aromatic carbocycles. The van der Waals surface area contributed by atoms with E-state index < -0.39 is 0 Å². The fourth-order valence-corrected chi connectivity index (χ4v) is 3.32. The maximum absolute atomic E-state index is 13.2. The lowest BCUT2D eigenvalue weighted by Crippen LogP contribution is -2.37. The SMILES string of the molecule is CC(NC(=O)NCc1nc2cccnc2n1Cc1ccc(F)cc1)c1ccc(F)cc1. The summed E-state index contributed by atoms with van der Waals surface area (Å²) in [5, 5.41) is 5.64. The molecule has 0 spiro atoms. The first-order chi connectivity index (χ1) is 15.0. The van der Waals surface area contributed by atoms with E-state index in [1.807, 2.05) is 17.6 Å². The zero-order chi connectivity index (χ0) is 21.8. The highest BCUT2D eigenvalue weighted by atomic mass is 19.1. The van der Waals surface area contributed by atoms with Crippen LogP contribution in [0.3, 0.4) is 0 Å². The molecule has 31 heavy (non-hydrogen) atoms. The van der Waals surface area contributed by atoms with Crippen LogP contribution < -0.4 is 10.6 Å². The minimum atomic E-state index is -0.370. The van der Waals surface area contributed by atoms with Crippen molar-refractivity contribution in [3.63, 3.8) is 0 Å². The maximum Gasteiger partial charge on any atom is 0.315 e. The van der Waals surface area contributed by atoms with Gasteiger partial charge in [-0.1, -0.05) is 24.3 Å². The van der Waals surface area contributed by atoms with Crippen molar-refractivity contribution >= 4 is 17.2 Å². The lowest BCUT2D eigenvalue weighted by molar-refractivity contribution is 0.237. The van der Waals surface area contributed by atoms with Crippen LogP contribution in [-0.4, -0.2) is 20.6 Å². The van der Waals surface area contributed by atoms with Gasteiger partial charge in [0, 0.05) is 6.20 Å². The largest absolute Gasteiger partial charge is 0.332 e. The number of pyridine rings is 1. The number of halogens is 2. The summed E-state index contributed by atoms with van der Waals surface area (Å²) in [6.07, 6.45) is 1.68. The molecule has 0 aliphatic heterocycles. The molecule has 0 radical (unpaired) electrons. The van der Waals surface area contributed by atoms with Crippen molar-refractivity contribution in [1.29, 1.82) is 0 Å². The van der Waals surface area contributed by atoms with E-state index in [0.717, 1.165) is 11.1 Å². The van der Waals surface area contributed by atoms with Crippen LogP contribution in [-0.2, 0) is 13.1 Å². The first-order valence-electron chi connectivity index (χ1n) is 9.84. The minimum Gasteiger partial charge on any atom is -0.332 e. The average Bonchev–Trinajstić information content (AvgIpc) is 3.11. The van der Waals surface area contributed by atoms with Crippen molar-refractivity contribution in [2.24, 2.45) is 0 Å². The third-order valence-electron chi connectivity index (χ3n) is 4.96. The standard InChI is InChI=1S/C23H21F2N5O/c1-15(17-6-10-19(25)11-7-17)28-23(31)27-13-21-29-20-3-2-12-26-22(20)30(21)14-16-4-8-18(24)9-5-16/h2-12,15H,13-14H2,1H3,(H2,27,28,31). The summed E-state index contributed by atoms with van der Waals surface area (Å²) in [4.78, 5) is 21.4. The van der Waals surface area contributed by atoms with E-state index in [9.17, 15) is 13.6 Å². The molecule has 158 valence electrons. The first-order valence-corrected chi connectivity index (χ1v) is 9.84. The molecule has 2 N–H and O–H groups in total. The molecule has 1 atom stereocenters. The van der Waals surface area contributed by atoms with Gasteiger partial charge in [-0.05, 0) is 54.4 Å². The Bertz CT molecular complexity index is 1190. The highest BCUT2D eigenvalue weighted by molar-refractivity contribution is 5.75. The third kappa shape index (κ3) is 4.85. The van der Waals surface area contributed by atoms with Gasteiger partial charge in [0.1, 0.15) is 23.0 Å². The summed E-state index contributed by atoms with van der Waals surface area (Å²) in [5.74, 6) is 0.00266. The Morgan fingerprint density at radius 3 is 2.42 bits per heavy atom. The number of amides is 2. The van der Waals surface area contributed by atoms with E-state index >= 15 is 0 Å². The van der Waals surface area contributed by atoms with Crippen LogP contribution in [0, 0.1) is 11.6 Å². The predicted molar refractivity (Wildman–Crippen MR) is 113 cm³/mol. The Hall–Kier alpha value is -3.81. The molecular formula is C23H21F2N5O. The number of imidazole rings is 1. The smallest absolute Gasteiger partial charge is 0.315 e. The van der Waals surface area contributed by atoms with E-state index in [1.54, 1.807) is 36.5 Å². The van der Waals surface area contributed by atoms with Gasteiger partial charge >= 0.3 is 6.03 Å². The van der Waals surface area contributed by atoms with Gasteiger partial charge in [0.15, 0.2) is 5.65 Å². The van der Waals surface area contributed by atoms with Crippen molar-refractivity contribution in [2.45, 2.75) is 26.1 Å². The lowest BCUT2D eigenvalue weighted by Gasteiger charge is -2.15. The van der Waals surface area contributed by atoms with Crippen molar-refractivity contribution in [3.05, 3.63) is 95.4 Å². The molecule has 0 saturated heterocycles. The monoisotopic (exact) mass is 421 g/mol. The van der Waals surface area contributed by atoms with E-state index in [4.69, 9.17) is 0 Å². The Labute approximate surface area is 178 Å². The summed E-state index contributed by atoms with van der Waals surface area (Å²) < 4.78 is 28.2. The van der Waals surface area contributed by atoms with Crippen LogP contribution >= 0.6 is 0 Å². The van der Waals surface area contributed by atoms with Crippen molar-refractivity contribution in [2.75, 3.05) is 0 Å². The van der Waals surface area contributed by atoms with Gasteiger partial charge in [0.25, 0.3) is 0 Å². The van der Waals surface area contributed by atoms with Gasteiger partial charge in [-0.3, -0.25) is 0 Å². The number of hydrogen-bond acceptors (Lipinski definition) is 3. The molecule has 2 heterocycles. The molecule has 0 bridgehead atoms. The number of nitrogens with zero attached hydrogens (tertiary/aromatic N) is 3. The van der Waals surface area contributed by atoms with E-state index in [-0.39, 0.29) is 30.3 Å². The number of urea groups is 1. The quantitative estimate of drug-likeness (QED) is 0.487. The van der Waals surface area contributed by atoms with Gasteiger partial charge in [-0.2, -0.15) is 0 Å². The fourth-order valence-electron chi connectivity index (χ4n) is 3.32.